The Labute approximate surface area is 190 Å². The number of likely N-dealkylation sites (tertiary alicyclic amines) is 1. The average molecular weight is 437 g/mol. The Hall–Kier alpha value is -2.21. The van der Waals surface area contributed by atoms with Crippen molar-refractivity contribution in [3.63, 3.8) is 0 Å². The van der Waals surface area contributed by atoms with E-state index in [2.05, 4.69) is 28.4 Å². The normalized spacial score (nSPS) is 25.5. The highest BCUT2D eigenvalue weighted by Crippen LogP contribution is 2.34. The zero-order valence-electron chi connectivity index (χ0n) is 19.3. The highest BCUT2D eigenvalue weighted by molar-refractivity contribution is 6.02. The quantitative estimate of drug-likeness (QED) is 0.688. The zero-order valence-corrected chi connectivity index (χ0v) is 19.3. The number of rotatable bonds is 6. The van der Waals surface area contributed by atoms with Crippen molar-refractivity contribution >= 4 is 22.7 Å². The lowest BCUT2D eigenvalue weighted by molar-refractivity contribution is -0.134. The minimum Gasteiger partial charge on any atom is -0.303 e. The molecule has 1 N–H and O–H groups in total. The van der Waals surface area contributed by atoms with E-state index in [4.69, 9.17) is 5.10 Å². The predicted molar refractivity (Wildman–Crippen MR) is 125 cm³/mol. The first-order valence-corrected chi connectivity index (χ1v) is 12.6. The molecule has 0 bridgehead atoms. The van der Waals surface area contributed by atoms with Crippen molar-refractivity contribution in [1.29, 1.82) is 0 Å². The number of imide groups is 1. The number of fused-ring (bicyclic) bond motifs is 1. The summed E-state index contributed by atoms with van der Waals surface area (Å²) in [7, 11) is 1.95. The molecule has 172 valence electrons. The van der Waals surface area contributed by atoms with Crippen LogP contribution in [0.2, 0.25) is 0 Å². The number of carbonyl (C=O) groups is 2. The Morgan fingerprint density at radius 3 is 2.75 bits per heavy atom. The summed E-state index contributed by atoms with van der Waals surface area (Å²) in [6.45, 7) is 3.58. The molecule has 3 aliphatic rings. The first kappa shape index (κ1) is 21.6. The monoisotopic (exact) mass is 436 g/mol. The minimum absolute atomic E-state index is 0.182. The molecule has 0 spiro atoms. The molecular formula is C26H36N4O2. The fourth-order valence-corrected chi connectivity index (χ4v) is 6.16. The Morgan fingerprint density at radius 2 is 1.94 bits per heavy atom. The highest BCUT2D eigenvalue weighted by Gasteiger charge is 2.32. The smallest absolute Gasteiger partial charge is 0.235 e. The summed E-state index contributed by atoms with van der Waals surface area (Å²) in [4.78, 5) is 26.5. The summed E-state index contributed by atoms with van der Waals surface area (Å²) in [5.74, 6) is 0.813. The summed E-state index contributed by atoms with van der Waals surface area (Å²) in [5.41, 5.74) is 3.26. The molecule has 2 atom stereocenters. The molecule has 6 nitrogen and oxygen atoms in total. The minimum atomic E-state index is -0.339. The molecular weight excluding hydrogens is 400 g/mol. The Kier molecular flexibility index (Phi) is 6.31. The second-order valence-corrected chi connectivity index (χ2v) is 10.2. The third-order valence-corrected chi connectivity index (χ3v) is 8.03. The summed E-state index contributed by atoms with van der Waals surface area (Å²) >= 11 is 0. The van der Waals surface area contributed by atoms with E-state index in [1.807, 2.05) is 11.7 Å². The third kappa shape index (κ3) is 4.47. The van der Waals surface area contributed by atoms with Gasteiger partial charge < -0.3 is 4.90 Å². The molecule has 32 heavy (non-hydrogen) atoms. The van der Waals surface area contributed by atoms with E-state index < -0.39 is 0 Å². The van der Waals surface area contributed by atoms with Gasteiger partial charge in [0.1, 0.15) is 0 Å². The van der Waals surface area contributed by atoms with Crippen LogP contribution in [0.4, 0.5) is 0 Å². The van der Waals surface area contributed by atoms with Crippen molar-refractivity contribution in [2.24, 2.45) is 13.0 Å². The van der Waals surface area contributed by atoms with Gasteiger partial charge in [-0.2, -0.15) is 5.10 Å². The topological polar surface area (TPSA) is 67.2 Å². The van der Waals surface area contributed by atoms with Gasteiger partial charge in [-0.05, 0) is 62.2 Å². The van der Waals surface area contributed by atoms with Crippen LogP contribution in [0.25, 0.3) is 10.9 Å². The van der Waals surface area contributed by atoms with E-state index in [9.17, 15) is 9.59 Å². The van der Waals surface area contributed by atoms with E-state index in [1.165, 1.54) is 70.0 Å². The van der Waals surface area contributed by atoms with Crippen LogP contribution in [0.15, 0.2) is 18.2 Å². The first-order chi connectivity index (χ1) is 15.6. The Balaban J connectivity index is 1.23. The van der Waals surface area contributed by atoms with Gasteiger partial charge in [0.15, 0.2) is 0 Å². The van der Waals surface area contributed by atoms with E-state index >= 15 is 0 Å². The van der Waals surface area contributed by atoms with Gasteiger partial charge in [0.2, 0.25) is 11.8 Å². The number of aryl methyl sites for hydroxylation is 1. The van der Waals surface area contributed by atoms with Gasteiger partial charge >= 0.3 is 0 Å². The lowest BCUT2D eigenvalue weighted by Crippen LogP contribution is -2.39. The number of piperidine rings is 1. The van der Waals surface area contributed by atoms with Gasteiger partial charge in [-0.1, -0.05) is 44.2 Å². The predicted octanol–water partition coefficient (Wildman–Crippen LogP) is 4.24. The van der Waals surface area contributed by atoms with E-state index in [1.54, 1.807) is 0 Å². The molecule has 2 amide bonds. The summed E-state index contributed by atoms with van der Waals surface area (Å²) in [5, 5.41) is 8.19. The first-order valence-electron chi connectivity index (χ1n) is 12.6. The second-order valence-electron chi connectivity index (χ2n) is 10.2. The van der Waals surface area contributed by atoms with Crippen molar-refractivity contribution in [2.75, 3.05) is 19.6 Å². The van der Waals surface area contributed by atoms with Crippen molar-refractivity contribution < 1.29 is 9.59 Å². The molecule has 1 saturated carbocycles. The molecule has 2 saturated heterocycles. The summed E-state index contributed by atoms with van der Waals surface area (Å²) in [6.07, 6.45) is 12.1. The molecule has 3 heterocycles. The molecule has 6 heteroatoms. The average Bonchev–Trinajstić information content (AvgIpc) is 3.39. The van der Waals surface area contributed by atoms with Crippen LogP contribution in [-0.2, 0) is 16.6 Å². The maximum absolute atomic E-state index is 12.4. The molecule has 1 unspecified atom stereocenters. The van der Waals surface area contributed by atoms with Crippen molar-refractivity contribution in [2.45, 2.75) is 76.0 Å². The van der Waals surface area contributed by atoms with E-state index in [0.29, 0.717) is 18.8 Å². The number of aromatic nitrogens is 2. The molecule has 0 radical (unpaired) electrons. The molecule has 2 aromatic rings. The van der Waals surface area contributed by atoms with Crippen LogP contribution in [-0.4, -0.2) is 46.1 Å². The maximum atomic E-state index is 12.4. The van der Waals surface area contributed by atoms with Gasteiger partial charge in [0.05, 0.1) is 17.1 Å². The van der Waals surface area contributed by atoms with Gasteiger partial charge in [-0.15, -0.1) is 0 Å². The molecule has 1 aromatic carbocycles. The van der Waals surface area contributed by atoms with Gasteiger partial charge in [-0.3, -0.25) is 19.6 Å². The van der Waals surface area contributed by atoms with Crippen LogP contribution in [0.1, 0.15) is 87.3 Å². The lowest BCUT2D eigenvalue weighted by Gasteiger charge is -2.23. The van der Waals surface area contributed by atoms with Crippen molar-refractivity contribution in [1.82, 2.24) is 20.0 Å². The number of nitrogens with one attached hydrogen (secondary N) is 1. The van der Waals surface area contributed by atoms with Crippen LogP contribution in [0.3, 0.4) is 0 Å². The molecule has 5 rings (SSSR count). The van der Waals surface area contributed by atoms with Crippen molar-refractivity contribution in [3.05, 3.63) is 29.5 Å². The van der Waals surface area contributed by atoms with Gasteiger partial charge in [-0.25, -0.2) is 0 Å². The Bertz CT molecular complexity index is 991. The molecule has 3 fully saturated rings. The summed E-state index contributed by atoms with van der Waals surface area (Å²) in [6, 6.07) is 6.64. The number of carbonyl (C=O) groups excluding carboxylic acids is 2. The standard InChI is InChI=1S/C26H36N4O2/c1-29-23-16-19(9-10-21(23)25(28-29)22-11-12-24(31)27-26(22)32)20-13-15-30(17-20)14-5-8-18-6-3-2-4-7-18/h9-10,16,18,20,22H,2-8,11-15,17H2,1H3,(H,27,31,32)/t20-,22?/m0/s1. The van der Waals surface area contributed by atoms with Gasteiger partial charge in [0.25, 0.3) is 0 Å². The fourth-order valence-electron chi connectivity index (χ4n) is 6.16. The molecule has 1 aliphatic carbocycles. The van der Waals surface area contributed by atoms with E-state index in [0.717, 1.165) is 29.1 Å². The SMILES string of the molecule is Cn1nc(C2CCC(=O)NC2=O)c2ccc([C@H]3CCN(CCCC4CCCCC4)C3)cc21. The van der Waals surface area contributed by atoms with Crippen LogP contribution in [0.5, 0.6) is 0 Å². The van der Waals surface area contributed by atoms with Crippen LogP contribution >= 0.6 is 0 Å². The largest absolute Gasteiger partial charge is 0.303 e. The summed E-state index contributed by atoms with van der Waals surface area (Å²) < 4.78 is 1.90. The van der Waals surface area contributed by atoms with Gasteiger partial charge in [0, 0.05) is 25.4 Å². The lowest BCUT2D eigenvalue weighted by atomic mass is 9.86. The number of hydrogen-bond donors (Lipinski definition) is 1. The van der Waals surface area contributed by atoms with E-state index in [-0.39, 0.29) is 17.7 Å². The maximum Gasteiger partial charge on any atom is 0.235 e. The highest BCUT2D eigenvalue weighted by atomic mass is 16.2. The number of nitrogens with zero attached hydrogens (tertiary/aromatic N) is 3. The number of benzene rings is 1. The third-order valence-electron chi connectivity index (χ3n) is 8.03. The molecule has 1 aromatic heterocycles. The van der Waals surface area contributed by atoms with Crippen molar-refractivity contribution in [3.8, 4) is 0 Å². The Morgan fingerprint density at radius 1 is 1.09 bits per heavy atom. The number of amides is 2. The zero-order chi connectivity index (χ0) is 22.1. The van der Waals surface area contributed by atoms with Crippen LogP contribution in [0, 0.1) is 5.92 Å². The second kappa shape index (κ2) is 9.34. The fraction of sp³-hybridized carbons (Fsp3) is 0.654. The van der Waals surface area contributed by atoms with Crippen LogP contribution < -0.4 is 5.32 Å². The number of hydrogen-bond acceptors (Lipinski definition) is 4. The molecule has 2 aliphatic heterocycles.